The number of hydrogen-bond acceptors (Lipinski definition) is 4. The average Bonchev–Trinajstić information content (AvgIpc) is 2.67. The van der Waals surface area contributed by atoms with Crippen LogP contribution < -0.4 is 10.2 Å². The van der Waals surface area contributed by atoms with Crippen molar-refractivity contribution >= 4 is 23.0 Å². The van der Waals surface area contributed by atoms with Crippen molar-refractivity contribution in [2.75, 3.05) is 23.3 Å². The van der Waals surface area contributed by atoms with Gasteiger partial charge in [-0.15, -0.1) is 0 Å². The lowest BCUT2D eigenvalue weighted by atomic mass is 9.99. The summed E-state index contributed by atoms with van der Waals surface area (Å²) in [6.07, 6.45) is -2.46. The molecule has 0 spiro atoms. The van der Waals surface area contributed by atoms with Crippen molar-refractivity contribution in [1.29, 1.82) is 0 Å². The number of piperidine rings is 1. The second-order valence-electron chi connectivity index (χ2n) is 7.18. The number of anilines is 2. The predicted octanol–water partition coefficient (Wildman–Crippen LogP) is 5.10. The molecular weight excluding hydrogens is 387 g/mol. The predicted molar refractivity (Wildman–Crippen MR) is 103 cm³/mol. The average molecular weight is 407 g/mol. The molecule has 154 valence electrons. The molecule has 6 nitrogen and oxygen atoms in total. The van der Waals surface area contributed by atoms with Crippen LogP contribution in [0.3, 0.4) is 0 Å². The lowest BCUT2D eigenvalue weighted by Crippen LogP contribution is -2.34. The maximum Gasteiger partial charge on any atom is 0.416 e. The van der Waals surface area contributed by atoms with E-state index < -0.39 is 22.6 Å². The molecule has 0 aliphatic carbocycles. The van der Waals surface area contributed by atoms with E-state index in [1.807, 2.05) is 4.90 Å². The molecule has 1 N–H and O–H groups in total. The van der Waals surface area contributed by atoms with Gasteiger partial charge in [0.05, 0.1) is 10.5 Å². The van der Waals surface area contributed by atoms with E-state index in [2.05, 4.69) is 12.2 Å². The van der Waals surface area contributed by atoms with Gasteiger partial charge in [0.1, 0.15) is 5.69 Å². The Kier molecular flexibility index (Phi) is 5.76. The largest absolute Gasteiger partial charge is 0.416 e. The fourth-order valence-electron chi connectivity index (χ4n) is 3.43. The Labute approximate surface area is 165 Å². The highest BCUT2D eigenvalue weighted by Crippen LogP contribution is 2.33. The Morgan fingerprint density at radius 1 is 1.21 bits per heavy atom. The maximum absolute atomic E-state index is 12.6. The fraction of sp³-hybridized carbons (Fsp3) is 0.350. The third-order valence-electron chi connectivity index (χ3n) is 4.90. The van der Waals surface area contributed by atoms with Gasteiger partial charge in [0.15, 0.2) is 0 Å². The van der Waals surface area contributed by atoms with Crippen LogP contribution in [-0.4, -0.2) is 23.9 Å². The lowest BCUT2D eigenvalue weighted by Gasteiger charge is -2.32. The summed E-state index contributed by atoms with van der Waals surface area (Å²) < 4.78 is 37.9. The Hall–Kier alpha value is -3.10. The minimum atomic E-state index is -4.47. The molecule has 0 saturated carbocycles. The number of nitro benzene ring substituents is 1. The number of nitro groups is 1. The first kappa shape index (κ1) is 20.6. The van der Waals surface area contributed by atoms with Crippen molar-refractivity contribution in [3.63, 3.8) is 0 Å². The van der Waals surface area contributed by atoms with Gasteiger partial charge in [-0.25, -0.2) is 0 Å². The van der Waals surface area contributed by atoms with E-state index in [9.17, 15) is 28.1 Å². The van der Waals surface area contributed by atoms with Crippen molar-refractivity contribution in [3.05, 3.63) is 63.7 Å². The topological polar surface area (TPSA) is 75.5 Å². The number of carbonyl (C=O) groups excluding carboxylic acids is 1. The monoisotopic (exact) mass is 407 g/mol. The van der Waals surface area contributed by atoms with Gasteiger partial charge in [-0.1, -0.05) is 6.92 Å². The maximum atomic E-state index is 12.6. The molecule has 1 saturated heterocycles. The van der Waals surface area contributed by atoms with E-state index in [0.29, 0.717) is 24.7 Å². The van der Waals surface area contributed by atoms with Crippen LogP contribution in [0, 0.1) is 16.0 Å². The summed E-state index contributed by atoms with van der Waals surface area (Å²) in [6, 6.07) is 8.24. The molecule has 1 fully saturated rings. The quantitative estimate of drug-likeness (QED) is 0.565. The molecule has 0 radical (unpaired) electrons. The number of hydrogen-bond donors (Lipinski definition) is 1. The highest BCUT2D eigenvalue weighted by molar-refractivity contribution is 6.05. The van der Waals surface area contributed by atoms with Crippen LogP contribution in [0.5, 0.6) is 0 Å². The summed E-state index contributed by atoms with van der Waals surface area (Å²) in [5, 5.41) is 14.0. The highest BCUT2D eigenvalue weighted by Gasteiger charge is 2.30. The Balaban J connectivity index is 1.80. The molecule has 0 bridgehead atoms. The van der Waals surface area contributed by atoms with E-state index in [0.717, 1.165) is 37.1 Å². The Bertz CT molecular complexity index is 913. The number of carbonyl (C=O) groups is 1. The summed E-state index contributed by atoms with van der Waals surface area (Å²) in [4.78, 5) is 25.4. The summed E-state index contributed by atoms with van der Waals surface area (Å²) in [5.41, 5.74) is -0.303. The number of nitrogens with one attached hydrogen (secondary N) is 1. The molecule has 1 atom stereocenters. The minimum Gasteiger partial charge on any atom is -0.366 e. The van der Waals surface area contributed by atoms with Gasteiger partial charge >= 0.3 is 6.18 Å². The van der Waals surface area contributed by atoms with E-state index in [-0.39, 0.29) is 16.9 Å². The van der Waals surface area contributed by atoms with Crippen LogP contribution in [0.4, 0.5) is 30.2 Å². The van der Waals surface area contributed by atoms with Crippen LogP contribution in [0.15, 0.2) is 42.5 Å². The molecule has 9 heteroatoms. The third kappa shape index (κ3) is 4.85. The molecule has 1 heterocycles. The van der Waals surface area contributed by atoms with Crippen molar-refractivity contribution in [1.82, 2.24) is 0 Å². The van der Waals surface area contributed by atoms with Gasteiger partial charge in [0.25, 0.3) is 11.6 Å². The zero-order valence-electron chi connectivity index (χ0n) is 15.7. The fourth-order valence-corrected chi connectivity index (χ4v) is 3.43. The van der Waals surface area contributed by atoms with Gasteiger partial charge in [-0.3, -0.25) is 14.9 Å². The Morgan fingerprint density at radius 2 is 1.90 bits per heavy atom. The van der Waals surface area contributed by atoms with E-state index in [1.54, 1.807) is 6.07 Å². The normalized spacial score (nSPS) is 17.1. The standard InChI is InChI=1S/C20H20F3N3O3/c1-13-3-2-10-25(12-13)17-9-4-14(11-18(17)26(28)29)19(27)24-16-7-5-15(6-8-16)20(21,22)23/h4-9,11,13H,2-3,10,12H2,1H3,(H,24,27). The van der Waals surface area contributed by atoms with E-state index in [1.165, 1.54) is 12.1 Å². The molecule has 2 aromatic carbocycles. The van der Waals surface area contributed by atoms with Crippen molar-refractivity contribution in [2.45, 2.75) is 25.9 Å². The number of amides is 1. The van der Waals surface area contributed by atoms with Crippen LogP contribution in [0.2, 0.25) is 0 Å². The molecule has 1 aliphatic heterocycles. The number of alkyl halides is 3. The molecule has 3 rings (SSSR count). The number of nitrogens with zero attached hydrogens (tertiary/aromatic N) is 2. The summed E-state index contributed by atoms with van der Waals surface area (Å²) in [6.45, 7) is 3.50. The molecule has 2 aromatic rings. The van der Waals surface area contributed by atoms with Crippen LogP contribution in [0.25, 0.3) is 0 Å². The van der Waals surface area contributed by atoms with Crippen molar-refractivity contribution in [3.8, 4) is 0 Å². The lowest BCUT2D eigenvalue weighted by molar-refractivity contribution is -0.384. The number of benzene rings is 2. The molecule has 0 aromatic heterocycles. The van der Waals surface area contributed by atoms with Gasteiger partial charge < -0.3 is 10.2 Å². The third-order valence-corrected chi connectivity index (χ3v) is 4.90. The second-order valence-corrected chi connectivity index (χ2v) is 7.18. The molecular formula is C20H20F3N3O3. The number of halogens is 3. The van der Waals surface area contributed by atoms with Gasteiger partial charge in [0, 0.05) is 30.4 Å². The van der Waals surface area contributed by atoms with Crippen molar-refractivity contribution < 1.29 is 22.9 Å². The highest BCUT2D eigenvalue weighted by atomic mass is 19.4. The molecule has 29 heavy (non-hydrogen) atoms. The number of rotatable bonds is 4. The Morgan fingerprint density at radius 3 is 2.48 bits per heavy atom. The van der Waals surface area contributed by atoms with Crippen LogP contribution >= 0.6 is 0 Å². The van der Waals surface area contributed by atoms with Crippen LogP contribution in [-0.2, 0) is 6.18 Å². The SMILES string of the molecule is CC1CCCN(c2ccc(C(=O)Nc3ccc(C(F)(F)F)cc3)cc2[N+](=O)[O-])C1. The van der Waals surface area contributed by atoms with Gasteiger partial charge in [-0.2, -0.15) is 13.2 Å². The van der Waals surface area contributed by atoms with Gasteiger partial charge in [0.2, 0.25) is 0 Å². The molecule has 1 amide bonds. The van der Waals surface area contributed by atoms with Gasteiger partial charge in [-0.05, 0) is 55.2 Å². The first-order chi connectivity index (χ1) is 13.6. The molecule has 1 aliphatic rings. The zero-order valence-corrected chi connectivity index (χ0v) is 15.7. The first-order valence-electron chi connectivity index (χ1n) is 9.17. The zero-order chi connectivity index (χ0) is 21.2. The van der Waals surface area contributed by atoms with E-state index >= 15 is 0 Å². The first-order valence-corrected chi connectivity index (χ1v) is 9.17. The smallest absolute Gasteiger partial charge is 0.366 e. The minimum absolute atomic E-state index is 0.0606. The second kappa shape index (κ2) is 8.10. The van der Waals surface area contributed by atoms with Crippen molar-refractivity contribution in [2.24, 2.45) is 5.92 Å². The summed E-state index contributed by atoms with van der Waals surface area (Å²) in [5.74, 6) is -0.211. The summed E-state index contributed by atoms with van der Waals surface area (Å²) >= 11 is 0. The van der Waals surface area contributed by atoms with E-state index in [4.69, 9.17) is 0 Å². The van der Waals surface area contributed by atoms with Crippen LogP contribution in [0.1, 0.15) is 35.7 Å². The summed E-state index contributed by atoms with van der Waals surface area (Å²) in [7, 11) is 0. The molecule has 1 unspecified atom stereocenters.